The number of H-pyrrole nitrogens is 1. The van der Waals surface area contributed by atoms with Crippen LogP contribution in [0.4, 0.5) is 5.69 Å². The smallest absolute Gasteiger partial charge is 0.0884 e. The maximum absolute atomic E-state index is 4.08. The van der Waals surface area contributed by atoms with Gasteiger partial charge in [-0.2, -0.15) is 5.10 Å². The third-order valence-corrected chi connectivity index (χ3v) is 2.88. The molecule has 0 bridgehead atoms. The van der Waals surface area contributed by atoms with Gasteiger partial charge in [-0.15, -0.1) is 0 Å². The Bertz CT molecular complexity index is 459. The summed E-state index contributed by atoms with van der Waals surface area (Å²) in [7, 11) is 0. The van der Waals surface area contributed by atoms with E-state index >= 15 is 0 Å². The molecule has 1 aliphatic rings. The molecule has 3 nitrogen and oxygen atoms in total. The first-order chi connectivity index (χ1) is 6.95. The number of aromatic amines is 1. The molecule has 0 atom stereocenters. The molecule has 0 spiro atoms. The maximum atomic E-state index is 4.08. The van der Waals surface area contributed by atoms with Crippen molar-refractivity contribution in [1.29, 1.82) is 0 Å². The molecule has 14 heavy (non-hydrogen) atoms. The van der Waals surface area contributed by atoms with Crippen LogP contribution in [0, 0.1) is 0 Å². The monoisotopic (exact) mass is 187 g/mol. The molecule has 2 heterocycles. The molecule has 0 fully saturated rings. The van der Waals surface area contributed by atoms with Gasteiger partial charge in [-0.05, 0) is 24.8 Å². The van der Waals surface area contributed by atoms with Gasteiger partial charge in [0.1, 0.15) is 0 Å². The van der Waals surface area contributed by atoms with E-state index in [1.807, 2.05) is 6.20 Å². The molecule has 1 aromatic carbocycles. The fourth-order valence-electron chi connectivity index (χ4n) is 2.12. The van der Waals surface area contributed by atoms with Crippen LogP contribution in [0.2, 0.25) is 0 Å². The summed E-state index contributed by atoms with van der Waals surface area (Å²) in [5.74, 6) is 0. The van der Waals surface area contributed by atoms with Crippen molar-refractivity contribution in [3.8, 4) is 0 Å². The summed E-state index contributed by atoms with van der Waals surface area (Å²) in [5.41, 5.74) is 3.83. The quantitative estimate of drug-likeness (QED) is 0.664. The minimum absolute atomic E-state index is 1.07. The van der Waals surface area contributed by atoms with Gasteiger partial charge in [0.25, 0.3) is 0 Å². The molecule has 72 valence electrons. The van der Waals surface area contributed by atoms with Gasteiger partial charge in [-0.3, -0.25) is 5.10 Å². The van der Waals surface area contributed by atoms with Crippen LogP contribution in [-0.4, -0.2) is 16.7 Å². The second-order valence-corrected chi connectivity index (χ2v) is 3.82. The molecule has 0 unspecified atom stereocenters. The van der Waals surface area contributed by atoms with Crippen LogP contribution < -0.4 is 5.32 Å². The lowest BCUT2D eigenvalue weighted by molar-refractivity contribution is 0.785. The van der Waals surface area contributed by atoms with Gasteiger partial charge in [0, 0.05) is 11.9 Å². The summed E-state index contributed by atoms with van der Waals surface area (Å²) < 4.78 is 0. The highest BCUT2D eigenvalue weighted by Gasteiger charge is 2.11. The van der Waals surface area contributed by atoms with E-state index in [1.54, 1.807) is 0 Å². The zero-order valence-corrected chi connectivity index (χ0v) is 8.01. The molecule has 3 rings (SSSR count). The van der Waals surface area contributed by atoms with Crippen molar-refractivity contribution in [2.24, 2.45) is 0 Å². The van der Waals surface area contributed by atoms with Gasteiger partial charge in [0.05, 0.1) is 17.4 Å². The first-order valence-electron chi connectivity index (χ1n) is 5.14. The zero-order chi connectivity index (χ0) is 9.38. The number of aromatic nitrogens is 2. The first-order valence-corrected chi connectivity index (χ1v) is 5.14. The Balaban J connectivity index is 2.26. The van der Waals surface area contributed by atoms with E-state index in [-0.39, 0.29) is 0 Å². The summed E-state index contributed by atoms with van der Waals surface area (Å²) in [4.78, 5) is 0. The van der Waals surface area contributed by atoms with Crippen molar-refractivity contribution in [2.45, 2.75) is 19.3 Å². The molecule has 0 saturated carbocycles. The van der Waals surface area contributed by atoms with E-state index in [1.165, 1.54) is 35.9 Å². The standard InChI is InChI=1S/C11H13N3/c1-2-6-12-10-8(3-1)4-5-9-7-13-14-11(9)10/h4-5,7,12H,1-3,6H2,(H,13,14). The Labute approximate surface area is 82.5 Å². The van der Waals surface area contributed by atoms with E-state index in [0.29, 0.717) is 0 Å². The molecule has 2 N–H and O–H groups in total. The molecule has 3 heteroatoms. The van der Waals surface area contributed by atoms with Crippen molar-refractivity contribution in [3.63, 3.8) is 0 Å². The van der Waals surface area contributed by atoms with Crippen molar-refractivity contribution in [3.05, 3.63) is 23.9 Å². The third kappa shape index (κ3) is 1.09. The molecule has 1 aromatic heterocycles. The molecule has 0 saturated heterocycles. The lowest BCUT2D eigenvalue weighted by Crippen LogP contribution is -2.00. The van der Waals surface area contributed by atoms with Crippen LogP contribution in [0.25, 0.3) is 10.9 Å². The molecular formula is C11H13N3. The van der Waals surface area contributed by atoms with Gasteiger partial charge in [-0.25, -0.2) is 0 Å². The van der Waals surface area contributed by atoms with E-state index in [0.717, 1.165) is 12.1 Å². The zero-order valence-electron chi connectivity index (χ0n) is 8.01. The second kappa shape index (κ2) is 3.01. The van der Waals surface area contributed by atoms with Crippen LogP contribution >= 0.6 is 0 Å². The van der Waals surface area contributed by atoms with Crippen LogP contribution in [0.3, 0.4) is 0 Å². The average Bonchev–Trinajstić information content (AvgIpc) is 2.55. The van der Waals surface area contributed by atoms with Crippen LogP contribution in [0.5, 0.6) is 0 Å². The van der Waals surface area contributed by atoms with Crippen molar-refractivity contribution in [1.82, 2.24) is 10.2 Å². The fraction of sp³-hybridized carbons (Fsp3) is 0.364. The first kappa shape index (κ1) is 7.85. The van der Waals surface area contributed by atoms with E-state index in [9.17, 15) is 0 Å². The van der Waals surface area contributed by atoms with E-state index in [2.05, 4.69) is 27.6 Å². The average molecular weight is 187 g/mol. The highest BCUT2D eigenvalue weighted by molar-refractivity contribution is 5.92. The number of nitrogens with one attached hydrogen (secondary N) is 2. The Morgan fingerprint density at radius 2 is 2.21 bits per heavy atom. The molecule has 0 radical (unpaired) electrons. The van der Waals surface area contributed by atoms with Gasteiger partial charge < -0.3 is 5.32 Å². The molecule has 0 aliphatic carbocycles. The predicted octanol–water partition coefficient (Wildman–Crippen LogP) is 2.31. The number of fused-ring (bicyclic) bond motifs is 3. The molecule has 0 amide bonds. The van der Waals surface area contributed by atoms with Gasteiger partial charge in [0.2, 0.25) is 0 Å². The third-order valence-electron chi connectivity index (χ3n) is 2.88. The SMILES string of the molecule is c1cc2cn[nH]c2c2c1CCCCN2. The number of aryl methyl sites for hydroxylation is 1. The van der Waals surface area contributed by atoms with Gasteiger partial charge in [0.15, 0.2) is 0 Å². The van der Waals surface area contributed by atoms with Crippen molar-refractivity contribution in [2.75, 3.05) is 11.9 Å². The normalized spacial score (nSPS) is 16.0. The molecule has 1 aliphatic heterocycles. The molecular weight excluding hydrogens is 174 g/mol. The highest BCUT2D eigenvalue weighted by atomic mass is 15.1. The minimum Gasteiger partial charge on any atom is -0.383 e. The van der Waals surface area contributed by atoms with Gasteiger partial charge in [-0.1, -0.05) is 12.1 Å². The summed E-state index contributed by atoms with van der Waals surface area (Å²) in [6.07, 6.45) is 5.59. The fourth-order valence-corrected chi connectivity index (χ4v) is 2.12. The number of hydrogen-bond acceptors (Lipinski definition) is 2. The number of hydrogen-bond donors (Lipinski definition) is 2. The minimum atomic E-state index is 1.07. The Hall–Kier alpha value is -1.51. The summed E-state index contributed by atoms with van der Waals surface area (Å²) >= 11 is 0. The summed E-state index contributed by atoms with van der Waals surface area (Å²) in [5, 5.41) is 11.8. The maximum Gasteiger partial charge on any atom is 0.0884 e. The predicted molar refractivity (Wildman–Crippen MR) is 57.5 cm³/mol. The summed E-state index contributed by atoms with van der Waals surface area (Å²) in [6, 6.07) is 4.36. The number of nitrogens with zero attached hydrogens (tertiary/aromatic N) is 1. The van der Waals surface area contributed by atoms with Crippen molar-refractivity contribution < 1.29 is 0 Å². The summed E-state index contributed by atoms with van der Waals surface area (Å²) in [6.45, 7) is 1.07. The van der Waals surface area contributed by atoms with E-state index in [4.69, 9.17) is 0 Å². The van der Waals surface area contributed by atoms with Crippen LogP contribution in [-0.2, 0) is 6.42 Å². The number of benzene rings is 1. The second-order valence-electron chi connectivity index (χ2n) is 3.82. The Kier molecular flexibility index (Phi) is 1.69. The Morgan fingerprint density at radius 3 is 3.21 bits per heavy atom. The largest absolute Gasteiger partial charge is 0.383 e. The topological polar surface area (TPSA) is 40.7 Å². The number of anilines is 1. The van der Waals surface area contributed by atoms with Crippen molar-refractivity contribution >= 4 is 16.6 Å². The highest BCUT2D eigenvalue weighted by Crippen LogP contribution is 2.28. The van der Waals surface area contributed by atoms with Crippen LogP contribution in [0.1, 0.15) is 18.4 Å². The Morgan fingerprint density at radius 1 is 1.21 bits per heavy atom. The van der Waals surface area contributed by atoms with Crippen LogP contribution in [0.15, 0.2) is 18.3 Å². The van der Waals surface area contributed by atoms with E-state index < -0.39 is 0 Å². The lowest BCUT2D eigenvalue weighted by atomic mass is 10.1. The molecule has 2 aromatic rings. The number of rotatable bonds is 0. The van der Waals surface area contributed by atoms with Gasteiger partial charge >= 0.3 is 0 Å². The lowest BCUT2D eigenvalue weighted by Gasteiger charge is -2.07.